The molecule has 0 spiro atoms. The Hall–Kier alpha value is -2.39. The SMILES string of the molecule is CCC1CN(Cc2ccc(C3COc4ccccc4O3)cc2)CCC1C(O)(C(C)(F)F)C(F)(F)F. The van der Waals surface area contributed by atoms with Gasteiger partial charge in [0.1, 0.15) is 6.61 Å². The van der Waals surface area contributed by atoms with Crippen LogP contribution in [0.25, 0.3) is 0 Å². The molecule has 2 heterocycles. The van der Waals surface area contributed by atoms with E-state index in [0.29, 0.717) is 24.7 Å². The van der Waals surface area contributed by atoms with E-state index >= 15 is 0 Å². The number of rotatable bonds is 6. The zero-order valence-electron chi connectivity index (χ0n) is 19.7. The second kappa shape index (κ2) is 9.58. The van der Waals surface area contributed by atoms with Crippen molar-refractivity contribution >= 4 is 0 Å². The Morgan fingerprint density at radius 3 is 2.26 bits per heavy atom. The minimum Gasteiger partial charge on any atom is -0.485 e. The summed E-state index contributed by atoms with van der Waals surface area (Å²) < 4.78 is 80.9. The van der Waals surface area contributed by atoms with Crippen LogP contribution in [0.3, 0.4) is 0 Å². The summed E-state index contributed by atoms with van der Waals surface area (Å²) in [4.78, 5) is 1.96. The number of hydrogen-bond donors (Lipinski definition) is 1. The number of para-hydroxylation sites is 2. The molecular weight excluding hydrogens is 469 g/mol. The van der Waals surface area contributed by atoms with Crippen molar-refractivity contribution < 1.29 is 36.5 Å². The van der Waals surface area contributed by atoms with Crippen LogP contribution >= 0.6 is 0 Å². The molecule has 0 amide bonds. The van der Waals surface area contributed by atoms with Crippen molar-refractivity contribution in [1.29, 1.82) is 0 Å². The molecule has 2 aliphatic rings. The lowest BCUT2D eigenvalue weighted by Crippen LogP contribution is -2.65. The third kappa shape index (κ3) is 4.98. The first-order chi connectivity index (χ1) is 16.4. The summed E-state index contributed by atoms with van der Waals surface area (Å²) in [5, 5.41) is 10.3. The molecule has 1 saturated heterocycles. The van der Waals surface area contributed by atoms with Crippen LogP contribution in [0.1, 0.15) is 43.9 Å². The van der Waals surface area contributed by atoms with Gasteiger partial charge in [-0.25, -0.2) is 8.78 Å². The van der Waals surface area contributed by atoms with Crippen molar-refractivity contribution in [2.45, 2.75) is 57.0 Å². The Morgan fingerprint density at radius 2 is 1.66 bits per heavy atom. The molecule has 1 fully saturated rings. The minimum atomic E-state index is -5.42. The van der Waals surface area contributed by atoms with Gasteiger partial charge in [0.05, 0.1) is 0 Å². The maximum atomic E-state index is 14.1. The van der Waals surface area contributed by atoms with Crippen LogP contribution in [-0.2, 0) is 6.54 Å². The van der Waals surface area contributed by atoms with Crippen LogP contribution in [0.2, 0.25) is 0 Å². The Kier molecular flexibility index (Phi) is 7.03. The number of halogens is 5. The summed E-state index contributed by atoms with van der Waals surface area (Å²) >= 11 is 0. The van der Waals surface area contributed by atoms with E-state index in [2.05, 4.69) is 0 Å². The summed E-state index contributed by atoms with van der Waals surface area (Å²) in [6, 6.07) is 15.2. The molecule has 0 aromatic heterocycles. The van der Waals surface area contributed by atoms with Gasteiger partial charge >= 0.3 is 6.18 Å². The molecule has 2 aromatic carbocycles. The monoisotopic (exact) mass is 499 g/mol. The van der Waals surface area contributed by atoms with E-state index in [1.165, 1.54) is 0 Å². The molecule has 9 heteroatoms. The molecule has 192 valence electrons. The van der Waals surface area contributed by atoms with Gasteiger partial charge in [0.15, 0.2) is 17.6 Å². The lowest BCUT2D eigenvalue weighted by molar-refractivity contribution is -0.354. The highest BCUT2D eigenvalue weighted by Gasteiger charge is 2.71. The van der Waals surface area contributed by atoms with E-state index in [1.54, 1.807) is 6.92 Å². The second-order valence-corrected chi connectivity index (χ2v) is 9.56. The number of hydrogen-bond acceptors (Lipinski definition) is 4. The average Bonchev–Trinajstić information content (AvgIpc) is 2.82. The molecule has 0 bridgehead atoms. The Labute approximate surface area is 201 Å². The summed E-state index contributed by atoms with van der Waals surface area (Å²) in [7, 11) is 0. The fourth-order valence-electron chi connectivity index (χ4n) is 5.28. The summed E-state index contributed by atoms with van der Waals surface area (Å²) in [6.07, 6.45) is -5.58. The molecule has 1 N–H and O–H groups in total. The fraction of sp³-hybridized carbons (Fsp3) is 0.538. The number of benzene rings is 2. The Balaban J connectivity index is 1.41. The number of ether oxygens (including phenoxy) is 2. The van der Waals surface area contributed by atoms with Crippen molar-refractivity contribution in [2.24, 2.45) is 11.8 Å². The van der Waals surface area contributed by atoms with E-state index in [9.17, 15) is 27.1 Å². The van der Waals surface area contributed by atoms with Crippen LogP contribution in [0.15, 0.2) is 48.5 Å². The predicted octanol–water partition coefficient (Wildman–Crippen LogP) is 6.00. The van der Waals surface area contributed by atoms with E-state index in [4.69, 9.17) is 9.47 Å². The lowest BCUT2D eigenvalue weighted by Gasteiger charge is -2.48. The molecule has 4 nitrogen and oxygen atoms in total. The Bertz CT molecular complexity index is 991. The second-order valence-electron chi connectivity index (χ2n) is 9.56. The zero-order valence-corrected chi connectivity index (χ0v) is 19.7. The van der Waals surface area contributed by atoms with E-state index in [-0.39, 0.29) is 39.0 Å². The van der Waals surface area contributed by atoms with E-state index in [1.807, 2.05) is 53.4 Å². The molecule has 0 saturated carbocycles. The molecule has 2 aliphatic heterocycles. The van der Waals surface area contributed by atoms with Crippen LogP contribution in [0, 0.1) is 11.8 Å². The van der Waals surface area contributed by atoms with Gasteiger partial charge < -0.3 is 14.6 Å². The van der Waals surface area contributed by atoms with Gasteiger partial charge in [0.2, 0.25) is 5.60 Å². The molecule has 0 radical (unpaired) electrons. The number of piperidine rings is 1. The molecular formula is C26H30F5NO3. The molecule has 4 atom stereocenters. The number of likely N-dealkylation sites (tertiary alicyclic amines) is 1. The maximum absolute atomic E-state index is 14.1. The number of fused-ring (bicyclic) bond motifs is 1. The highest BCUT2D eigenvalue weighted by molar-refractivity contribution is 5.41. The van der Waals surface area contributed by atoms with Gasteiger partial charge in [-0.15, -0.1) is 0 Å². The number of aliphatic hydroxyl groups is 1. The summed E-state index contributed by atoms with van der Waals surface area (Å²) in [6.45, 7) is 3.07. The van der Waals surface area contributed by atoms with Gasteiger partial charge in [-0.05, 0) is 42.1 Å². The van der Waals surface area contributed by atoms with Crippen LogP contribution < -0.4 is 9.47 Å². The molecule has 4 unspecified atom stereocenters. The largest absolute Gasteiger partial charge is 0.485 e. The minimum absolute atomic E-state index is 0.154. The molecule has 2 aromatic rings. The molecule has 4 rings (SSSR count). The third-order valence-corrected chi connectivity index (χ3v) is 7.25. The first-order valence-corrected chi connectivity index (χ1v) is 11.8. The van der Waals surface area contributed by atoms with Crippen LogP contribution in [0.4, 0.5) is 22.0 Å². The smallest absolute Gasteiger partial charge is 0.423 e. The van der Waals surface area contributed by atoms with Gasteiger partial charge in [0.25, 0.3) is 5.92 Å². The number of alkyl halides is 5. The van der Waals surface area contributed by atoms with Gasteiger partial charge in [0, 0.05) is 25.9 Å². The highest BCUT2D eigenvalue weighted by atomic mass is 19.4. The molecule has 0 aliphatic carbocycles. The number of nitrogens with zero attached hydrogens (tertiary/aromatic N) is 1. The van der Waals surface area contributed by atoms with Crippen molar-refractivity contribution in [1.82, 2.24) is 4.90 Å². The summed E-state index contributed by atoms with van der Waals surface area (Å²) in [5.41, 5.74) is -2.16. The van der Waals surface area contributed by atoms with E-state index < -0.39 is 29.5 Å². The van der Waals surface area contributed by atoms with Crippen molar-refractivity contribution in [3.05, 3.63) is 59.7 Å². The first-order valence-electron chi connectivity index (χ1n) is 11.8. The van der Waals surface area contributed by atoms with Crippen molar-refractivity contribution in [2.75, 3.05) is 19.7 Å². The quantitative estimate of drug-likeness (QED) is 0.496. The maximum Gasteiger partial charge on any atom is 0.423 e. The summed E-state index contributed by atoms with van der Waals surface area (Å²) in [5.74, 6) is -5.21. The fourth-order valence-corrected chi connectivity index (χ4v) is 5.28. The lowest BCUT2D eigenvalue weighted by atomic mass is 9.69. The van der Waals surface area contributed by atoms with Crippen molar-refractivity contribution in [3.8, 4) is 11.5 Å². The van der Waals surface area contributed by atoms with Gasteiger partial charge in [-0.1, -0.05) is 49.7 Å². The van der Waals surface area contributed by atoms with Crippen LogP contribution in [-0.4, -0.2) is 47.4 Å². The zero-order chi connectivity index (χ0) is 25.4. The average molecular weight is 500 g/mol. The van der Waals surface area contributed by atoms with Crippen molar-refractivity contribution in [3.63, 3.8) is 0 Å². The van der Waals surface area contributed by atoms with Gasteiger partial charge in [-0.2, -0.15) is 13.2 Å². The van der Waals surface area contributed by atoms with Crippen LogP contribution in [0.5, 0.6) is 11.5 Å². The predicted molar refractivity (Wildman–Crippen MR) is 121 cm³/mol. The first kappa shape index (κ1) is 25.7. The van der Waals surface area contributed by atoms with E-state index in [0.717, 1.165) is 11.1 Å². The highest BCUT2D eigenvalue weighted by Crippen LogP contribution is 2.51. The Morgan fingerprint density at radius 1 is 1.00 bits per heavy atom. The normalized spacial score (nSPS) is 25.2. The third-order valence-electron chi connectivity index (χ3n) is 7.25. The standard InChI is InChI=1S/C26H30F5NO3/c1-3-18-15-32(13-12-20(18)25(33,24(2,27)28)26(29,30)31)14-17-8-10-19(11-9-17)23-16-34-21-6-4-5-7-22(21)35-23/h4-11,18,20,23,33H,3,12-16H2,1-2H3. The molecule has 35 heavy (non-hydrogen) atoms. The topological polar surface area (TPSA) is 41.9 Å². The van der Waals surface area contributed by atoms with Gasteiger partial charge in [-0.3, -0.25) is 4.90 Å².